The first kappa shape index (κ1) is 15.8. The molecular formula is C14H26N2O3. The van der Waals surface area contributed by atoms with E-state index in [1.54, 1.807) is 0 Å². The molecule has 1 fully saturated rings. The van der Waals surface area contributed by atoms with E-state index in [9.17, 15) is 9.59 Å². The molecule has 1 aliphatic rings. The zero-order chi connectivity index (χ0) is 14.5. The van der Waals surface area contributed by atoms with Gasteiger partial charge in [0.15, 0.2) is 0 Å². The summed E-state index contributed by atoms with van der Waals surface area (Å²) in [4.78, 5) is 23.0. The van der Waals surface area contributed by atoms with E-state index in [0.29, 0.717) is 5.92 Å². The fourth-order valence-corrected chi connectivity index (χ4v) is 2.51. The molecule has 1 unspecified atom stereocenters. The lowest BCUT2D eigenvalue weighted by atomic mass is 9.79. The van der Waals surface area contributed by atoms with Gasteiger partial charge in [0, 0.05) is 6.04 Å². The maximum Gasteiger partial charge on any atom is 0.315 e. The standard InChI is InChI=1S/C14H26N2O3/c1-10(2)11(3)15-13(19)16-14(9-12(17)18)7-5-4-6-8-14/h10-11H,4-9H2,1-3H3,(H,17,18)(H2,15,16,19). The van der Waals surface area contributed by atoms with Crippen molar-refractivity contribution in [2.75, 3.05) is 0 Å². The number of nitrogens with one attached hydrogen (secondary N) is 2. The van der Waals surface area contributed by atoms with Crippen LogP contribution in [0, 0.1) is 5.92 Å². The van der Waals surface area contributed by atoms with Crippen LogP contribution in [0.2, 0.25) is 0 Å². The number of carbonyl (C=O) groups is 2. The number of rotatable bonds is 5. The van der Waals surface area contributed by atoms with Crippen LogP contribution in [0.3, 0.4) is 0 Å². The second kappa shape index (κ2) is 6.78. The summed E-state index contributed by atoms with van der Waals surface area (Å²) in [5, 5.41) is 14.8. The van der Waals surface area contributed by atoms with Crippen LogP contribution in [0.1, 0.15) is 59.3 Å². The molecule has 1 atom stereocenters. The summed E-state index contributed by atoms with van der Waals surface area (Å²) in [7, 11) is 0. The van der Waals surface area contributed by atoms with Crippen molar-refractivity contribution in [2.45, 2.75) is 70.9 Å². The van der Waals surface area contributed by atoms with Crippen molar-refractivity contribution in [1.82, 2.24) is 10.6 Å². The normalized spacial score (nSPS) is 19.8. The third kappa shape index (κ3) is 5.09. The quantitative estimate of drug-likeness (QED) is 0.718. The summed E-state index contributed by atoms with van der Waals surface area (Å²) in [5.41, 5.74) is -0.565. The Balaban J connectivity index is 2.61. The van der Waals surface area contributed by atoms with Gasteiger partial charge in [0.05, 0.1) is 12.0 Å². The topological polar surface area (TPSA) is 78.4 Å². The lowest BCUT2D eigenvalue weighted by molar-refractivity contribution is -0.139. The van der Waals surface area contributed by atoms with E-state index in [1.165, 1.54) is 0 Å². The van der Waals surface area contributed by atoms with Crippen molar-refractivity contribution in [3.63, 3.8) is 0 Å². The highest BCUT2D eigenvalue weighted by atomic mass is 16.4. The monoisotopic (exact) mass is 270 g/mol. The number of amides is 2. The van der Waals surface area contributed by atoms with Crippen molar-refractivity contribution in [3.05, 3.63) is 0 Å². The van der Waals surface area contributed by atoms with Gasteiger partial charge in [0.25, 0.3) is 0 Å². The molecule has 0 aromatic rings. The lowest BCUT2D eigenvalue weighted by Gasteiger charge is -2.37. The highest BCUT2D eigenvalue weighted by molar-refractivity contribution is 5.77. The Hall–Kier alpha value is -1.26. The van der Waals surface area contributed by atoms with Crippen LogP contribution in [0.5, 0.6) is 0 Å². The Morgan fingerprint density at radius 3 is 2.21 bits per heavy atom. The molecule has 0 aromatic heterocycles. The molecule has 110 valence electrons. The van der Waals surface area contributed by atoms with Gasteiger partial charge in [-0.05, 0) is 25.7 Å². The van der Waals surface area contributed by atoms with Crippen LogP contribution in [0.15, 0.2) is 0 Å². The molecule has 0 spiro atoms. The van der Waals surface area contributed by atoms with Crippen molar-refractivity contribution >= 4 is 12.0 Å². The van der Waals surface area contributed by atoms with E-state index < -0.39 is 11.5 Å². The van der Waals surface area contributed by atoms with Gasteiger partial charge < -0.3 is 15.7 Å². The van der Waals surface area contributed by atoms with Crippen LogP contribution >= 0.6 is 0 Å². The predicted molar refractivity (Wildman–Crippen MR) is 74.0 cm³/mol. The fraction of sp³-hybridized carbons (Fsp3) is 0.857. The van der Waals surface area contributed by atoms with Crippen molar-refractivity contribution in [3.8, 4) is 0 Å². The summed E-state index contributed by atoms with van der Waals surface area (Å²) in [6, 6.07) is -0.171. The average molecular weight is 270 g/mol. The van der Waals surface area contributed by atoms with Crippen LogP contribution in [0.4, 0.5) is 4.79 Å². The molecule has 0 saturated heterocycles. The second-order valence-corrected chi connectivity index (χ2v) is 6.04. The number of carboxylic acid groups (broad SMARTS) is 1. The Bertz CT molecular complexity index is 323. The molecule has 1 aliphatic carbocycles. The maximum absolute atomic E-state index is 12.0. The minimum atomic E-state index is -0.848. The highest BCUT2D eigenvalue weighted by Crippen LogP contribution is 2.31. The molecule has 5 nitrogen and oxygen atoms in total. The van der Waals surface area contributed by atoms with E-state index in [-0.39, 0.29) is 18.5 Å². The smallest absolute Gasteiger partial charge is 0.315 e. The first-order valence-corrected chi connectivity index (χ1v) is 7.15. The number of carboxylic acids is 1. The zero-order valence-corrected chi connectivity index (χ0v) is 12.2. The largest absolute Gasteiger partial charge is 0.481 e. The van der Waals surface area contributed by atoms with Crippen molar-refractivity contribution < 1.29 is 14.7 Å². The molecular weight excluding hydrogens is 244 g/mol. The van der Waals surface area contributed by atoms with Crippen LogP contribution in [-0.2, 0) is 4.79 Å². The molecule has 0 aromatic carbocycles. The van der Waals surface area contributed by atoms with Crippen LogP contribution in [-0.4, -0.2) is 28.7 Å². The van der Waals surface area contributed by atoms with E-state index in [4.69, 9.17) is 5.11 Å². The third-order valence-corrected chi connectivity index (χ3v) is 4.04. The van der Waals surface area contributed by atoms with Gasteiger partial charge >= 0.3 is 12.0 Å². The number of hydrogen-bond acceptors (Lipinski definition) is 2. The maximum atomic E-state index is 12.0. The molecule has 0 heterocycles. The summed E-state index contributed by atoms with van der Waals surface area (Å²) in [6.45, 7) is 6.03. The van der Waals surface area contributed by atoms with E-state index >= 15 is 0 Å². The average Bonchev–Trinajstić information content (AvgIpc) is 2.28. The molecule has 0 aliphatic heterocycles. The van der Waals surface area contributed by atoms with Crippen LogP contribution < -0.4 is 10.6 Å². The Morgan fingerprint density at radius 2 is 1.74 bits per heavy atom. The summed E-state index contributed by atoms with van der Waals surface area (Å²) < 4.78 is 0. The first-order valence-electron chi connectivity index (χ1n) is 7.15. The predicted octanol–water partition coefficient (Wildman–Crippen LogP) is 2.51. The Kier molecular flexibility index (Phi) is 5.63. The second-order valence-electron chi connectivity index (χ2n) is 6.04. The van der Waals surface area contributed by atoms with Gasteiger partial charge in [-0.15, -0.1) is 0 Å². The van der Waals surface area contributed by atoms with Gasteiger partial charge in [0.2, 0.25) is 0 Å². The van der Waals surface area contributed by atoms with Crippen molar-refractivity contribution in [2.24, 2.45) is 5.92 Å². The molecule has 19 heavy (non-hydrogen) atoms. The van der Waals surface area contributed by atoms with Gasteiger partial charge in [-0.2, -0.15) is 0 Å². The zero-order valence-electron chi connectivity index (χ0n) is 12.2. The van der Waals surface area contributed by atoms with Crippen molar-refractivity contribution in [1.29, 1.82) is 0 Å². The minimum absolute atomic E-state index is 0.0104. The van der Waals surface area contributed by atoms with E-state index in [1.807, 2.05) is 20.8 Å². The van der Waals surface area contributed by atoms with E-state index in [2.05, 4.69) is 10.6 Å². The summed E-state index contributed by atoms with van der Waals surface area (Å²) in [5.74, 6) is -0.494. The Labute approximate surface area is 115 Å². The minimum Gasteiger partial charge on any atom is -0.481 e. The fourth-order valence-electron chi connectivity index (χ4n) is 2.51. The van der Waals surface area contributed by atoms with Gasteiger partial charge in [-0.3, -0.25) is 4.79 Å². The molecule has 1 rings (SSSR count). The molecule has 2 amide bonds. The molecule has 1 saturated carbocycles. The number of urea groups is 1. The van der Waals surface area contributed by atoms with E-state index in [0.717, 1.165) is 32.1 Å². The SMILES string of the molecule is CC(C)C(C)NC(=O)NC1(CC(=O)O)CCCCC1. The van der Waals surface area contributed by atoms with Gasteiger partial charge in [0.1, 0.15) is 0 Å². The van der Waals surface area contributed by atoms with Gasteiger partial charge in [-0.1, -0.05) is 33.1 Å². The molecule has 5 heteroatoms. The summed E-state index contributed by atoms with van der Waals surface area (Å²) in [6.07, 6.45) is 4.59. The number of carbonyl (C=O) groups excluding carboxylic acids is 1. The van der Waals surface area contributed by atoms with Crippen LogP contribution in [0.25, 0.3) is 0 Å². The third-order valence-electron chi connectivity index (χ3n) is 4.04. The molecule has 0 radical (unpaired) electrons. The molecule has 0 bridgehead atoms. The number of hydrogen-bond donors (Lipinski definition) is 3. The lowest BCUT2D eigenvalue weighted by Crippen LogP contribution is -2.56. The molecule has 3 N–H and O–H groups in total. The first-order chi connectivity index (χ1) is 8.84. The Morgan fingerprint density at radius 1 is 1.16 bits per heavy atom. The van der Waals surface area contributed by atoms with Gasteiger partial charge in [-0.25, -0.2) is 4.79 Å². The number of aliphatic carboxylic acids is 1. The summed E-state index contributed by atoms with van der Waals surface area (Å²) >= 11 is 0. The highest BCUT2D eigenvalue weighted by Gasteiger charge is 2.36.